The minimum atomic E-state index is -0.300. The standard InChI is InChI=1S/C18H29N3O2/c1-14(22)20-16(15-9-7-6-8-10-15)11-17(23)19-12-18(2,3)13-21(4)5/h6-10,16H,11-13H2,1-5H3,(H,19,23)(H,20,22). The summed E-state index contributed by atoms with van der Waals surface area (Å²) in [5.74, 6) is -0.195. The first kappa shape index (κ1) is 19.2. The third-order valence-electron chi connectivity index (χ3n) is 3.48. The number of nitrogens with one attached hydrogen (secondary N) is 2. The number of nitrogens with zero attached hydrogens (tertiary/aromatic N) is 1. The first-order chi connectivity index (χ1) is 10.7. The van der Waals surface area contributed by atoms with Crippen LogP contribution >= 0.6 is 0 Å². The first-order valence-corrected chi connectivity index (χ1v) is 7.93. The van der Waals surface area contributed by atoms with Crippen LogP contribution in [0, 0.1) is 5.41 Å². The highest BCUT2D eigenvalue weighted by Gasteiger charge is 2.22. The first-order valence-electron chi connectivity index (χ1n) is 7.93. The zero-order chi connectivity index (χ0) is 17.5. The molecule has 2 amide bonds. The number of rotatable bonds is 8. The van der Waals surface area contributed by atoms with Crippen molar-refractivity contribution in [3.8, 4) is 0 Å². The number of benzene rings is 1. The maximum Gasteiger partial charge on any atom is 0.222 e. The Kier molecular flexibility index (Phi) is 7.23. The van der Waals surface area contributed by atoms with Crippen molar-refractivity contribution < 1.29 is 9.59 Å². The van der Waals surface area contributed by atoms with E-state index in [9.17, 15) is 9.59 Å². The van der Waals surface area contributed by atoms with Gasteiger partial charge in [-0.15, -0.1) is 0 Å². The van der Waals surface area contributed by atoms with Crippen molar-refractivity contribution >= 4 is 11.8 Å². The highest BCUT2D eigenvalue weighted by Crippen LogP contribution is 2.18. The lowest BCUT2D eigenvalue weighted by molar-refractivity contribution is -0.123. The van der Waals surface area contributed by atoms with Gasteiger partial charge in [0.05, 0.1) is 12.5 Å². The topological polar surface area (TPSA) is 61.4 Å². The molecule has 128 valence electrons. The number of hydrogen-bond donors (Lipinski definition) is 2. The van der Waals surface area contributed by atoms with Gasteiger partial charge in [-0.1, -0.05) is 44.2 Å². The van der Waals surface area contributed by atoms with E-state index in [2.05, 4.69) is 29.4 Å². The Labute approximate surface area is 139 Å². The molecular formula is C18H29N3O2. The minimum Gasteiger partial charge on any atom is -0.355 e. The molecule has 23 heavy (non-hydrogen) atoms. The molecule has 1 unspecified atom stereocenters. The van der Waals surface area contributed by atoms with E-state index in [0.717, 1.165) is 12.1 Å². The van der Waals surface area contributed by atoms with Crippen molar-refractivity contribution in [3.63, 3.8) is 0 Å². The van der Waals surface area contributed by atoms with Crippen LogP contribution in [0.2, 0.25) is 0 Å². The van der Waals surface area contributed by atoms with Gasteiger partial charge in [0.15, 0.2) is 0 Å². The van der Waals surface area contributed by atoms with Crippen molar-refractivity contribution in [2.24, 2.45) is 5.41 Å². The Hall–Kier alpha value is -1.88. The van der Waals surface area contributed by atoms with Gasteiger partial charge in [-0.05, 0) is 25.1 Å². The van der Waals surface area contributed by atoms with Gasteiger partial charge in [-0.25, -0.2) is 0 Å². The third kappa shape index (κ3) is 7.79. The van der Waals surface area contributed by atoms with Crippen LogP contribution in [0.5, 0.6) is 0 Å². The summed E-state index contributed by atoms with van der Waals surface area (Å²) in [6.45, 7) is 7.20. The Morgan fingerprint density at radius 2 is 1.78 bits per heavy atom. The predicted molar refractivity (Wildman–Crippen MR) is 93.0 cm³/mol. The molecule has 0 aliphatic rings. The van der Waals surface area contributed by atoms with Crippen LogP contribution in [0.15, 0.2) is 30.3 Å². The Morgan fingerprint density at radius 3 is 2.30 bits per heavy atom. The van der Waals surface area contributed by atoms with Crippen LogP contribution in [0.25, 0.3) is 0 Å². The quantitative estimate of drug-likeness (QED) is 0.770. The summed E-state index contributed by atoms with van der Waals surface area (Å²) in [7, 11) is 4.04. The van der Waals surface area contributed by atoms with Gasteiger partial charge in [0.25, 0.3) is 0 Å². The smallest absolute Gasteiger partial charge is 0.222 e. The molecule has 0 fully saturated rings. The van der Waals surface area contributed by atoms with Gasteiger partial charge < -0.3 is 15.5 Å². The molecule has 1 rings (SSSR count). The monoisotopic (exact) mass is 319 g/mol. The molecular weight excluding hydrogens is 290 g/mol. The van der Waals surface area contributed by atoms with Gasteiger partial charge in [-0.3, -0.25) is 9.59 Å². The van der Waals surface area contributed by atoms with Crippen LogP contribution in [0.1, 0.15) is 38.8 Å². The maximum atomic E-state index is 12.3. The molecule has 0 aliphatic carbocycles. The van der Waals surface area contributed by atoms with Gasteiger partial charge >= 0.3 is 0 Å². The summed E-state index contributed by atoms with van der Waals surface area (Å²) in [5.41, 5.74) is 0.931. The Balaban J connectivity index is 2.62. The molecule has 0 spiro atoms. The second-order valence-electron chi connectivity index (χ2n) is 7.05. The zero-order valence-corrected chi connectivity index (χ0v) is 14.8. The molecule has 0 radical (unpaired) electrons. The molecule has 5 heteroatoms. The van der Waals surface area contributed by atoms with E-state index in [1.165, 1.54) is 6.92 Å². The van der Waals surface area contributed by atoms with Crippen molar-refractivity contribution in [2.75, 3.05) is 27.2 Å². The SMILES string of the molecule is CC(=O)NC(CC(=O)NCC(C)(C)CN(C)C)c1ccccc1. The molecule has 0 heterocycles. The molecule has 0 aromatic heterocycles. The van der Waals surface area contributed by atoms with Crippen LogP contribution in [-0.4, -0.2) is 43.9 Å². The largest absolute Gasteiger partial charge is 0.355 e. The van der Waals surface area contributed by atoms with Crippen molar-refractivity contribution in [3.05, 3.63) is 35.9 Å². The van der Waals surface area contributed by atoms with E-state index in [-0.39, 0.29) is 29.7 Å². The van der Waals surface area contributed by atoms with E-state index >= 15 is 0 Å². The van der Waals surface area contributed by atoms with Gasteiger partial charge in [0.2, 0.25) is 11.8 Å². The van der Waals surface area contributed by atoms with E-state index in [1.54, 1.807) is 0 Å². The normalized spacial score (nSPS) is 12.8. The lowest BCUT2D eigenvalue weighted by atomic mass is 9.92. The summed E-state index contributed by atoms with van der Waals surface area (Å²) in [6, 6.07) is 9.27. The fourth-order valence-electron chi connectivity index (χ4n) is 2.69. The highest BCUT2D eigenvalue weighted by atomic mass is 16.2. The van der Waals surface area contributed by atoms with Crippen molar-refractivity contribution in [1.29, 1.82) is 0 Å². The summed E-state index contributed by atoms with van der Waals surface area (Å²) in [6.07, 6.45) is 0.238. The molecule has 1 aromatic rings. The summed E-state index contributed by atoms with van der Waals surface area (Å²) < 4.78 is 0. The van der Waals surface area contributed by atoms with Crippen LogP contribution in [0.3, 0.4) is 0 Å². The Morgan fingerprint density at radius 1 is 1.17 bits per heavy atom. The molecule has 0 bridgehead atoms. The molecule has 0 saturated carbocycles. The second kappa shape index (κ2) is 8.67. The van der Waals surface area contributed by atoms with E-state index < -0.39 is 0 Å². The summed E-state index contributed by atoms with van der Waals surface area (Å²) >= 11 is 0. The van der Waals surface area contributed by atoms with Crippen molar-refractivity contribution in [2.45, 2.75) is 33.2 Å². The fraction of sp³-hybridized carbons (Fsp3) is 0.556. The average Bonchev–Trinajstić information content (AvgIpc) is 2.44. The third-order valence-corrected chi connectivity index (χ3v) is 3.48. The lowest BCUT2D eigenvalue weighted by Gasteiger charge is -2.28. The highest BCUT2D eigenvalue weighted by molar-refractivity contribution is 5.79. The number of amides is 2. The Bertz CT molecular complexity index is 512. The lowest BCUT2D eigenvalue weighted by Crippen LogP contribution is -2.41. The maximum absolute atomic E-state index is 12.3. The zero-order valence-electron chi connectivity index (χ0n) is 14.8. The average molecular weight is 319 g/mol. The van der Waals surface area contributed by atoms with E-state index in [4.69, 9.17) is 0 Å². The van der Waals surface area contributed by atoms with Crippen LogP contribution in [0.4, 0.5) is 0 Å². The molecule has 0 saturated heterocycles. The molecule has 0 aliphatic heterocycles. The number of carbonyl (C=O) groups is 2. The second-order valence-corrected chi connectivity index (χ2v) is 7.05. The van der Waals surface area contributed by atoms with E-state index in [0.29, 0.717) is 6.54 Å². The van der Waals surface area contributed by atoms with Gasteiger partial charge in [-0.2, -0.15) is 0 Å². The van der Waals surface area contributed by atoms with Crippen LogP contribution in [-0.2, 0) is 9.59 Å². The minimum absolute atomic E-state index is 0.00456. The fourth-order valence-corrected chi connectivity index (χ4v) is 2.69. The van der Waals surface area contributed by atoms with Gasteiger partial charge in [0, 0.05) is 20.0 Å². The molecule has 1 atom stereocenters. The van der Waals surface area contributed by atoms with Crippen LogP contribution < -0.4 is 10.6 Å². The van der Waals surface area contributed by atoms with Crippen molar-refractivity contribution in [1.82, 2.24) is 15.5 Å². The summed E-state index contributed by atoms with van der Waals surface area (Å²) in [4.78, 5) is 25.8. The predicted octanol–water partition coefficient (Wildman–Crippen LogP) is 1.96. The molecule has 5 nitrogen and oxygen atoms in total. The molecule has 2 N–H and O–H groups in total. The summed E-state index contributed by atoms with van der Waals surface area (Å²) in [5, 5.41) is 5.83. The van der Waals surface area contributed by atoms with Gasteiger partial charge in [0.1, 0.15) is 0 Å². The number of carbonyl (C=O) groups excluding carboxylic acids is 2. The van der Waals surface area contributed by atoms with E-state index in [1.807, 2.05) is 44.4 Å². The molecule has 1 aromatic carbocycles. The number of hydrogen-bond acceptors (Lipinski definition) is 3.